The van der Waals surface area contributed by atoms with Gasteiger partial charge in [0.2, 0.25) is 0 Å². The molecule has 32 heavy (non-hydrogen) atoms. The van der Waals surface area contributed by atoms with E-state index in [4.69, 9.17) is 17.3 Å². The first-order chi connectivity index (χ1) is 15.5. The Morgan fingerprint density at radius 2 is 1.47 bits per heavy atom. The van der Waals surface area contributed by atoms with Gasteiger partial charge in [0.05, 0.1) is 0 Å². The molecule has 6 N–H and O–H groups in total. The highest BCUT2D eigenvalue weighted by Crippen LogP contribution is 2.22. The largest absolute Gasteiger partial charge is 0.393 e. The van der Waals surface area contributed by atoms with Crippen molar-refractivity contribution >= 4 is 51.5 Å². The van der Waals surface area contributed by atoms with Crippen molar-refractivity contribution in [3.8, 4) is 0 Å². The number of halogens is 1. The molecule has 0 radical (unpaired) electrons. The highest BCUT2D eigenvalue weighted by molar-refractivity contribution is 6.31. The summed E-state index contributed by atoms with van der Waals surface area (Å²) in [6.45, 7) is 0. The van der Waals surface area contributed by atoms with Crippen LogP contribution < -0.4 is 27.4 Å². The molecule has 0 atom stereocenters. The van der Waals surface area contributed by atoms with Crippen LogP contribution in [0.25, 0.3) is 10.8 Å². The van der Waals surface area contributed by atoms with Gasteiger partial charge in [-0.25, -0.2) is 9.97 Å². The van der Waals surface area contributed by atoms with Crippen molar-refractivity contribution in [3.63, 3.8) is 0 Å². The molecule has 0 unspecified atom stereocenters. The molecule has 4 aromatic rings. The number of anilines is 3. The summed E-state index contributed by atoms with van der Waals surface area (Å²) in [5, 5.41) is 2.20. The Morgan fingerprint density at radius 1 is 0.812 bits per heavy atom. The number of benzene rings is 3. The van der Waals surface area contributed by atoms with Crippen molar-refractivity contribution in [2.24, 2.45) is 0 Å². The second kappa shape index (κ2) is 9.19. The maximum absolute atomic E-state index is 12.7. The van der Waals surface area contributed by atoms with Gasteiger partial charge in [-0.05, 0) is 35.0 Å². The Kier molecular flexibility index (Phi) is 6.00. The third-order valence-electron chi connectivity index (χ3n) is 4.59. The molecule has 0 aliphatic heterocycles. The first-order valence-electron chi connectivity index (χ1n) is 9.49. The Morgan fingerprint density at radius 3 is 2.22 bits per heavy atom. The monoisotopic (exact) mass is 447 g/mol. The molecule has 4 rings (SSSR count). The van der Waals surface area contributed by atoms with Gasteiger partial charge in [-0.3, -0.25) is 31.3 Å². The molecule has 160 valence electrons. The summed E-state index contributed by atoms with van der Waals surface area (Å²) >= 11 is 5.91. The van der Waals surface area contributed by atoms with Crippen LogP contribution in [0.1, 0.15) is 20.7 Å². The zero-order valence-electron chi connectivity index (χ0n) is 16.6. The fraction of sp³-hybridized carbons (Fsp3) is 0. The predicted molar refractivity (Wildman–Crippen MR) is 124 cm³/mol. The number of carbonyl (C=O) groups is 2. The van der Waals surface area contributed by atoms with E-state index in [-0.39, 0.29) is 23.2 Å². The van der Waals surface area contributed by atoms with Gasteiger partial charge in [0.15, 0.2) is 11.6 Å². The number of hydrogen-bond donors (Lipinski definition) is 5. The second-order valence-electron chi connectivity index (χ2n) is 6.68. The van der Waals surface area contributed by atoms with Gasteiger partial charge in [0.25, 0.3) is 11.8 Å². The zero-order valence-corrected chi connectivity index (χ0v) is 17.4. The summed E-state index contributed by atoms with van der Waals surface area (Å²) in [5.74, 6) is -0.474. The second-order valence-corrected chi connectivity index (χ2v) is 7.12. The van der Waals surface area contributed by atoms with E-state index in [1.807, 2.05) is 30.3 Å². The number of carbonyl (C=O) groups excluding carboxylic acids is 2. The minimum Gasteiger partial charge on any atom is -0.393 e. The van der Waals surface area contributed by atoms with Gasteiger partial charge >= 0.3 is 0 Å². The average Bonchev–Trinajstić information content (AvgIpc) is 2.82. The number of aromatic nitrogens is 2. The molecule has 0 aliphatic rings. The lowest BCUT2D eigenvalue weighted by Crippen LogP contribution is -2.32. The van der Waals surface area contributed by atoms with E-state index in [1.165, 1.54) is 12.4 Å². The summed E-state index contributed by atoms with van der Waals surface area (Å²) in [4.78, 5) is 33.0. The Balaban J connectivity index is 1.43. The average molecular weight is 448 g/mol. The lowest BCUT2D eigenvalue weighted by molar-refractivity contribution is 0.0955. The predicted octanol–water partition coefficient (Wildman–Crippen LogP) is 3.38. The number of rotatable bonds is 6. The molecular weight excluding hydrogens is 430 g/mol. The fourth-order valence-electron chi connectivity index (χ4n) is 3.02. The van der Waals surface area contributed by atoms with Crippen molar-refractivity contribution < 1.29 is 9.59 Å². The van der Waals surface area contributed by atoms with Gasteiger partial charge < -0.3 is 5.73 Å². The van der Waals surface area contributed by atoms with E-state index in [2.05, 4.69) is 31.7 Å². The van der Waals surface area contributed by atoms with Crippen LogP contribution in [0, 0.1) is 0 Å². The van der Waals surface area contributed by atoms with E-state index in [0.29, 0.717) is 16.1 Å². The minimum absolute atomic E-state index is 0.0945. The summed E-state index contributed by atoms with van der Waals surface area (Å²) in [5.41, 5.74) is 17.4. The Labute approximate surface area is 188 Å². The van der Waals surface area contributed by atoms with Crippen molar-refractivity contribution in [2.75, 3.05) is 16.6 Å². The summed E-state index contributed by atoms with van der Waals surface area (Å²) in [7, 11) is 0. The van der Waals surface area contributed by atoms with E-state index in [1.54, 1.807) is 30.3 Å². The molecule has 0 fully saturated rings. The van der Waals surface area contributed by atoms with Crippen LogP contribution in [0.5, 0.6) is 0 Å². The van der Waals surface area contributed by atoms with Gasteiger partial charge in [-0.2, -0.15) is 0 Å². The normalized spacial score (nSPS) is 10.4. The molecule has 9 nitrogen and oxygen atoms in total. The molecule has 0 saturated heterocycles. The number of nitrogen functional groups attached to an aromatic ring is 1. The summed E-state index contributed by atoms with van der Waals surface area (Å²) in [6, 6.07) is 19.5. The molecule has 2 amide bonds. The number of hydrazine groups is 2. The van der Waals surface area contributed by atoms with Crippen LogP contribution >= 0.6 is 11.6 Å². The van der Waals surface area contributed by atoms with Gasteiger partial charge in [-0.1, -0.05) is 54.1 Å². The minimum atomic E-state index is -0.427. The molecule has 0 saturated carbocycles. The lowest BCUT2D eigenvalue weighted by Gasteiger charge is -2.14. The number of amides is 2. The smallest absolute Gasteiger partial charge is 0.270 e. The number of hydrogen-bond acceptors (Lipinski definition) is 7. The summed E-state index contributed by atoms with van der Waals surface area (Å²) < 4.78 is 0. The molecule has 0 aliphatic carbocycles. The van der Waals surface area contributed by atoms with Crippen LogP contribution in [0.4, 0.5) is 17.3 Å². The van der Waals surface area contributed by atoms with Gasteiger partial charge in [-0.15, -0.1) is 0 Å². The highest BCUT2D eigenvalue weighted by atomic mass is 35.5. The van der Waals surface area contributed by atoms with E-state index < -0.39 is 5.91 Å². The highest BCUT2D eigenvalue weighted by Gasteiger charge is 2.13. The molecule has 3 aromatic carbocycles. The SMILES string of the molecule is Nc1c(NNC(=O)c2cccc(Cl)c2)ncnc1NNC(=O)c1cccc2ccccc12. The van der Waals surface area contributed by atoms with Crippen LogP contribution in [0.15, 0.2) is 73.1 Å². The first-order valence-corrected chi connectivity index (χ1v) is 9.87. The van der Waals surface area contributed by atoms with Crippen molar-refractivity contribution in [1.29, 1.82) is 0 Å². The quantitative estimate of drug-likeness (QED) is 0.286. The number of nitrogens with one attached hydrogen (secondary N) is 4. The molecular formula is C22H18ClN7O2. The van der Waals surface area contributed by atoms with E-state index in [9.17, 15) is 9.59 Å². The van der Waals surface area contributed by atoms with E-state index in [0.717, 1.165) is 10.8 Å². The molecule has 1 heterocycles. The topological polar surface area (TPSA) is 134 Å². The first kappa shape index (κ1) is 20.9. The van der Waals surface area contributed by atoms with Crippen molar-refractivity contribution in [3.05, 3.63) is 89.2 Å². The molecule has 0 spiro atoms. The molecule has 0 bridgehead atoms. The number of fused-ring (bicyclic) bond motifs is 1. The van der Waals surface area contributed by atoms with Crippen molar-refractivity contribution in [1.82, 2.24) is 20.8 Å². The molecule has 1 aromatic heterocycles. The zero-order chi connectivity index (χ0) is 22.5. The maximum Gasteiger partial charge on any atom is 0.270 e. The lowest BCUT2D eigenvalue weighted by atomic mass is 10.0. The van der Waals surface area contributed by atoms with Gasteiger partial charge in [0, 0.05) is 16.1 Å². The Bertz CT molecular complexity index is 1310. The maximum atomic E-state index is 12.7. The van der Waals surface area contributed by atoms with Crippen LogP contribution in [-0.4, -0.2) is 21.8 Å². The van der Waals surface area contributed by atoms with Gasteiger partial charge in [0.1, 0.15) is 12.0 Å². The van der Waals surface area contributed by atoms with Crippen LogP contribution in [-0.2, 0) is 0 Å². The van der Waals surface area contributed by atoms with Crippen LogP contribution in [0.2, 0.25) is 5.02 Å². The number of nitrogens with zero attached hydrogens (tertiary/aromatic N) is 2. The van der Waals surface area contributed by atoms with Crippen LogP contribution in [0.3, 0.4) is 0 Å². The summed E-state index contributed by atoms with van der Waals surface area (Å²) in [6.07, 6.45) is 1.23. The fourth-order valence-corrected chi connectivity index (χ4v) is 3.21. The standard InChI is InChI=1S/C22H18ClN7O2/c23-15-8-3-7-14(11-15)21(31)29-27-19-18(24)20(26-12-25-19)28-30-22(32)17-10-4-6-13-5-1-2-9-16(13)17/h1-12H,24H2,(H,29,31)(H,30,32)(H2,25,26,27,28). The number of nitrogens with two attached hydrogens (primary N) is 1. The van der Waals surface area contributed by atoms with E-state index >= 15 is 0 Å². The van der Waals surface area contributed by atoms with Crippen molar-refractivity contribution in [2.45, 2.75) is 0 Å². The third kappa shape index (κ3) is 4.52. The third-order valence-corrected chi connectivity index (χ3v) is 4.83. The molecule has 10 heteroatoms. The Hall–Kier alpha value is -4.37.